The average molecular weight is 279 g/mol. The summed E-state index contributed by atoms with van der Waals surface area (Å²) >= 11 is 0. The van der Waals surface area contributed by atoms with E-state index in [9.17, 15) is 5.02 Å². The number of hydrogen-bond acceptors (Lipinski definition) is 2. The molecule has 0 unspecified atom stereocenters. The Morgan fingerprint density at radius 1 is 1.10 bits per heavy atom. The molecule has 1 aromatic heterocycles. The second-order valence-corrected chi connectivity index (χ2v) is 4.79. The number of rotatable bonds is 1. The Morgan fingerprint density at radius 3 is 2.76 bits per heavy atom. The summed E-state index contributed by atoms with van der Waals surface area (Å²) in [4.78, 5) is 0. The van der Waals surface area contributed by atoms with Gasteiger partial charge < -0.3 is 14.2 Å². The van der Waals surface area contributed by atoms with Crippen LogP contribution in [0.5, 0.6) is 0 Å². The lowest BCUT2D eigenvalue weighted by Crippen LogP contribution is -2.28. The molecule has 0 saturated heterocycles. The van der Waals surface area contributed by atoms with Gasteiger partial charge in [0.2, 0.25) is 0 Å². The van der Waals surface area contributed by atoms with Crippen LogP contribution in [0.15, 0.2) is 54.7 Å². The van der Waals surface area contributed by atoms with Crippen molar-refractivity contribution in [2.24, 2.45) is 0 Å². The maximum absolute atomic E-state index is 9.79. The molecule has 0 aliphatic carbocycles. The molecule has 1 N–H and O–H groups in total. The van der Waals surface area contributed by atoms with Crippen LogP contribution in [0.1, 0.15) is 19.4 Å². The number of nitrogens with zero attached hydrogens (tertiary/aromatic N) is 1. The summed E-state index contributed by atoms with van der Waals surface area (Å²) < 4.78 is 7.36. The van der Waals surface area contributed by atoms with Gasteiger partial charge in [0.15, 0.2) is 0 Å². The maximum Gasteiger partial charge on any atom is 0.491 e. The van der Waals surface area contributed by atoms with Crippen LogP contribution in [0.3, 0.4) is 0 Å². The van der Waals surface area contributed by atoms with Crippen molar-refractivity contribution < 1.29 is 9.68 Å². The van der Waals surface area contributed by atoms with Crippen LogP contribution in [0.4, 0.5) is 0 Å². The Labute approximate surface area is 124 Å². The van der Waals surface area contributed by atoms with E-state index < -0.39 is 7.12 Å². The molecular weight excluding hydrogens is 261 g/mol. The van der Waals surface area contributed by atoms with E-state index >= 15 is 0 Å². The van der Waals surface area contributed by atoms with Gasteiger partial charge in [0.1, 0.15) is 0 Å². The van der Waals surface area contributed by atoms with Gasteiger partial charge in [-0.1, -0.05) is 38.1 Å². The van der Waals surface area contributed by atoms with Crippen LogP contribution >= 0.6 is 0 Å². The van der Waals surface area contributed by atoms with Crippen LogP contribution in [-0.4, -0.2) is 16.7 Å². The number of para-hydroxylation sites is 1. The van der Waals surface area contributed by atoms with Crippen molar-refractivity contribution >= 4 is 23.5 Å². The summed E-state index contributed by atoms with van der Waals surface area (Å²) in [5.74, 6) is 0. The molecule has 0 bridgehead atoms. The lowest BCUT2D eigenvalue weighted by Gasteiger charge is -2.07. The smallest absolute Gasteiger partial charge is 0.423 e. The first kappa shape index (κ1) is 13.9. The van der Waals surface area contributed by atoms with Gasteiger partial charge >= 0.3 is 7.12 Å². The predicted octanol–water partition coefficient (Wildman–Crippen LogP) is 2.87. The minimum Gasteiger partial charge on any atom is -0.423 e. The highest BCUT2D eigenvalue weighted by Crippen LogP contribution is 2.21. The second kappa shape index (κ2) is 5.76. The van der Waals surface area contributed by atoms with Crippen LogP contribution in [0, 0.1) is 0 Å². The first-order valence-corrected chi connectivity index (χ1v) is 7.32. The largest absolute Gasteiger partial charge is 0.491 e. The molecule has 0 radical (unpaired) electrons. The molecule has 106 valence electrons. The highest BCUT2D eigenvalue weighted by molar-refractivity contribution is 6.61. The third-order valence-corrected chi connectivity index (χ3v) is 3.67. The minimum absolute atomic E-state index is 0.489. The topological polar surface area (TPSA) is 34.4 Å². The second-order valence-electron chi connectivity index (χ2n) is 4.79. The first-order chi connectivity index (χ1) is 10.3. The summed E-state index contributed by atoms with van der Waals surface area (Å²) in [7, 11) is -0.795. The van der Waals surface area contributed by atoms with E-state index in [0.29, 0.717) is 6.61 Å². The van der Waals surface area contributed by atoms with E-state index in [0.717, 1.165) is 22.2 Å². The van der Waals surface area contributed by atoms with Crippen LogP contribution in [0.25, 0.3) is 16.6 Å². The lowest BCUT2D eigenvalue weighted by atomic mass is 9.79. The Morgan fingerprint density at radius 2 is 1.90 bits per heavy atom. The third-order valence-electron chi connectivity index (χ3n) is 3.67. The fourth-order valence-corrected chi connectivity index (χ4v) is 2.66. The Bertz CT molecular complexity index is 766. The molecule has 0 atom stereocenters. The molecule has 2 heterocycles. The standard InChI is InChI=1S/C15H12BNO2.C2H6/c18-16-14-9-13(6-5-12(14)10-19-16)17-8-7-11-3-1-2-4-15(11)17;1-2/h1-9,18H,10H2;1-2H3. The zero-order chi connectivity index (χ0) is 14.8. The van der Waals surface area contributed by atoms with Gasteiger partial charge in [-0.2, -0.15) is 0 Å². The lowest BCUT2D eigenvalue weighted by molar-refractivity contribution is 0.275. The normalized spacial score (nSPS) is 13.0. The summed E-state index contributed by atoms with van der Waals surface area (Å²) in [5, 5.41) is 11.0. The van der Waals surface area contributed by atoms with Crippen molar-refractivity contribution in [2.45, 2.75) is 20.5 Å². The number of hydrogen-bond donors (Lipinski definition) is 1. The summed E-state index contributed by atoms with van der Waals surface area (Å²) in [5.41, 5.74) is 4.14. The molecule has 4 rings (SSSR count). The summed E-state index contributed by atoms with van der Waals surface area (Å²) in [6.07, 6.45) is 2.05. The highest BCUT2D eigenvalue weighted by atomic mass is 16.5. The van der Waals surface area contributed by atoms with Gasteiger partial charge in [0.25, 0.3) is 0 Å². The van der Waals surface area contributed by atoms with Crippen molar-refractivity contribution in [1.82, 2.24) is 4.57 Å². The van der Waals surface area contributed by atoms with E-state index in [-0.39, 0.29) is 0 Å². The molecule has 0 saturated carbocycles. The summed E-state index contributed by atoms with van der Waals surface area (Å²) in [6.45, 7) is 4.49. The third kappa shape index (κ3) is 2.37. The van der Waals surface area contributed by atoms with E-state index in [1.165, 1.54) is 5.39 Å². The monoisotopic (exact) mass is 279 g/mol. The van der Waals surface area contributed by atoms with Gasteiger partial charge in [0.05, 0.1) is 12.1 Å². The SMILES string of the molecule is CC.OB1OCc2ccc(-n3ccc4ccccc43)cc21. The Balaban J connectivity index is 0.000000636. The molecular formula is C17H18BNO2. The minimum atomic E-state index is -0.795. The highest BCUT2D eigenvalue weighted by Gasteiger charge is 2.27. The molecule has 0 spiro atoms. The summed E-state index contributed by atoms with van der Waals surface area (Å²) in [6, 6.07) is 16.4. The molecule has 3 aromatic rings. The molecule has 0 fully saturated rings. The van der Waals surface area contributed by atoms with Crippen LogP contribution < -0.4 is 5.46 Å². The van der Waals surface area contributed by atoms with Gasteiger partial charge in [-0.05, 0) is 40.7 Å². The molecule has 3 nitrogen and oxygen atoms in total. The van der Waals surface area contributed by atoms with E-state index in [1.807, 2.05) is 38.1 Å². The Kier molecular flexibility index (Phi) is 3.82. The number of fused-ring (bicyclic) bond motifs is 2. The van der Waals surface area contributed by atoms with Crippen molar-refractivity contribution in [1.29, 1.82) is 0 Å². The van der Waals surface area contributed by atoms with E-state index in [4.69, 9.17) is 4.65 Å². The van der Waals surface area contributed by atoms with E-state index in [2.05, 4.69) is 35.0 Å². The zero-order valence-electron chi connectivity index (χ0n) is 12.3. The Hall–Kier alpha value is -2.04. The average Bonchev–Trinajstić information content (AvgIpc) is 3.13. The van der Waals surface area contributed by atoms with Gasteiger partial charge in [-0.3, -0.25) is 0 Å². The zero-order valence-corrected chi connectivity index (χ0v) is 12.3. The molecule has 21 heavy (non-hydrogen) atoms. The first-order valence-electron chi connectivity index (χ1n) is 7.32. The van der Waals surface area contributed by atoms with Gasteiger partial charge in [0, 0.05) is 11.9 Å². The van der Waals surface area contributed by atoms with Crippen molar-refractivity contribution in [3.63, 3.8) is 0 Å². The van der Waals surface area contributed by atoms with Crippen LogP contribution in [0.2, 0.25) is 0 Å². The molecule has 4 heteroatoms. The quantitative estimate of drug-likeness (QED) is 0.695. The van der Waals surface area contributed by atoms with Gasteiger partial charge in [-0.15, -0.1) is 0 Å². The molecule has 2 aromatic carbocycles. The van der Waals surface area contributed by atoms with Crippen LogP contribution in [-0.2, 0) is 11.3 Å². The van der Waals surface area contributed by atoms with Gasteiger partial charge in [-0.25, -0.2) is 0 Å². The predicted molar refractivity (Wildman–Crippen MR) is 87.0 cm³/mol. The number of aromatic nitrogens is 1. The molecule has 1 aliphatic rings. The van der Waals surface area contributed by atoms with Crippen molar-refractivity contribution in [3.05, 3.63) is 60.3 Å². The molecule has 0 amide bonds. The fourth-order valence-electron chi connectivity index (χ4n) is 2.66. The maximum atomic E-state index is 9.79. The van der Waals surface area contributed by atoms with Crippen molar-refractivity contribution in [2.75, 3.05) is 0 Å². The fraction of sp³-hybridized carbons (Fsp3) is 0.176. The molecule has 1 aliphatic heterocycles. The number of benzene rings is 2. The van der Waals surface area contributed by atoms with E-state index in [1.54, 1.807) is 0 Å². The van der Waals surface area contributed by atoms with Crippen molar-refractivity contribution in [3.8, 4) is 5.69 Å².